The van der Waals surface area contributed by atoms with Crippen molar-refractivity contribution in [2.24, 2.45) is 0 Å². The maximum Gasteiger partial charge on any atom is 0.224 e. The monoisotopic (exact) mass is 307 g/mol. The fraction of sp³-hybridized carbons (Fsp3) is 0.462. The van der Waals surface area contributed by atoms with Crippen LogP contribution in [0.5, 0.6) is 0 Å². The summed E-state index contributed by atoms with van der Waals surface area (Å²) in [5, 5.41) is 2.90. The maximum absolute atomic E-state index is 11.6. The Morgan fingerprint density at radius 2 is 1.84 bits per heavy atom. The summed E-state index contributed by atoms with van der Waals surface area (Å²) in [7, 11) is 2.03. The molecule has 0 radical (unpaired) electrons. The molecule has 0 spiro atoms. The first-order chi connectivity index (χ1) is 8.11. The van der Waals surface area contributed by atoms with E-state index in [2.05, 4.69) is 17.1 Å². The molecule has 6 heteroatoms. The average Bonchev–Trinajstić information content (AvgIpc) is 2.32. The van der Waals surface area contributed by atoms with E-state index in [-0.39, 0.29) is 30.7 Å². The first-order valence-corrected chi connectivity index (χ1v) is 5.91. The van der Waals surface area contributed by atoms with Crippen LogP contribution in [-0.4, -0.2) is 37.5 Å². The molecule has 3 N–H and O–H groups in total. The SMILES string of the molecule is CCN(C)CCNC(=O)Cc1ccc(N)cc1.Cl.Cl. The minimum Gasteiger partial charge on any atom is -0.399 e. The molecule has 19 heavy (non-hydrogen) atoms. The summed E-state index contributed by atoms with van der Waals surface area (Å²) in [6, 6.07) is 7.39. The molecule has 0 aliphatic carbocycles. The number of rotatable bonds is 6. The lowest BCUT2D eigenvalue weighted by atomic mass is 10.1. The summed E-state index contributed by atoms with van der Waals surface area (Å²) in [6.45, 7) is 4.66. The summed E-state index contributed by atoms with van der Waals surface area (Å²) >= 11 is 0. The third kappa shape index (κ3) is 8.70. The van der Waals surface area contributed by atoms with Gasteiger partial charge in [-0.2, -0.15) is 0 Å². The van der Waals surface area contributed by atoms with Gasteiger partial charge in [-0.25, -0.2) is 0 Å². The van der Waals surface area contributed by atoms with Gasteiger partial charge in [-0.3, -0.25) is 4.79 Å². The highest BCUT2D eigenvalue weighted by atomic mass is 35.5. The van der Waals surface area contributed by atoms with Crippen molar-refractivity contribution in [3.05, 3.63) is 29.8 Å². The van der Waals surface area contributed by atoms with Crippen LogP contribution in [0.2, 0.25) is 0 Å². The number of amides is 1. The van der Waals surface area contributed by atoms with Crippen LogP contribution in [0.3, 0.4) is 0 Å². The van der Waals surface area contributed by atoms with Crippen LogP contribution in [0.4, 0.5) is 5.69 Å². The number of benzene rings is 1. The molecule has 0 aliphatic heterocycles. The maximum atomic E-state index is 11.6. The second kappa shape index (κ2) is 10.9. The van der Waals surface area contributed by atoms with Crippen molar-refractivity contribution >= 4 is 36.4 Å². The minimum absolute atomic E-state index is 0. The molecule has 110 valence electrons. The molecule has 0 bridgehead atoms. The second-order valence-electron chi connectivity index (χ2n) is 4.16. The molecular weight excluding hydrogens is 285 g/mol. The third-order valence-corrected chi connectivity index (χ3v) is 2.70. The number of halogens is 2. The fourth-order valence-electron chi connectivity index (χ4n) is 1.43. The van der Waals surface area contributed by atoms with Gasteiger partial charge in [0.25, 0.3) is 0 Å². The predicted molar refractivity (Wildman–Crippen MR) is 85.2 cm³/mol. The molecule has 0 saturated carbocycles. The van der Waals surface area contributed by atoms with Crippen molar-refractivity contribution in [2.75, 3.05) is 32.4 Å². The zero-order valence-corrected chi connectivity index (χ0v) is 13.0. The number of nitrogens with zero attached hydrogens (tertiary/aromatic N) is 1. The quantitative estimate of drug-likeness (QED) is 0.787. The largest absolute Gasteiger partial charge is 0.399 e. The van der Waals surface area contributed by atoms with Crippen LogP contribution in [-0.2, 0) is 11.2 Å². The van der Waals surface area contributed by atoms with Gasteiger partial charge in [-0.15, -0.1) is 24.8 Å². The van der Waals surface area contributed by atoms with E-state index in [0.717, 1.165) is 24.3 Å². The van der Waals surface area contributed by atoms with Gasteiger partial charge in [0.05, 0.1) is 6.42 Å². The van der Waals surface area contributed by atoms with Crippen LogP contribution < -0.4 is 11.1 Å². The minimum atomic E-state index is 0. The Morgan fingerprint density at radius 1 is 1.26 bits per heavy atom. The summed E-state index contributed by atoms with van der Waals surface area (Å²) in [6.07, 6.45) is 0.413. The van der Waals surface area contributed by atoms with Gasteiger partial charge in [0.2, 0.25) is 5.91 Å². The molecule has 0 heterocycles. The Balaban J connectivity index is 0. The molecular formula is C13H23Cl2N3O. The van der Waals surface area contributed by atoms with Crippen molar-refractivity contribution in [1.82, 2.24) is 10.2 Å². The summed E-state index contributed by atoms with van der Waals surface area (Å²) in [4.78, 5) is 13.8. The smallest absolute Gasteiger partial charge is 0.224 e. The van der Waals surface area contributed by atoms with Gasteiger partial charge >= 0.3 is 0 Å². The Bertz CT molecular complexity index is 357. The van der Waals surface area contributed by atoms with E-state index in [1.807, 2.05) is 31.3 Å². The standard InChI is InChI=1S/C13H21N3O.2ClH/c1-3-16(2)9-8-15-13(17)10-11-4-6-12(14)7-5-11;;/h4-7H,3,8-10,14H2,1-2H3,(H,15,17);2*1H. The van der Waals surface area contributed by atoms with Gasteiger partial charge in [0.15, 0.2) is 0 Å². The summed E-state index contributed by atoms with van der Waals surface area (Å²) in [5.41, 5.74) is 7.29. The van der Waals surface area contributed by atoms with Crippen LogP contribution >= 0.6 is 24.8 Å². The van der Waals surface area contributed by atoms with E-state index in [0.29, 0.717) is 13.0 Å². The Kier molecular flexibility index (Phi) is 11.7. The van der Waals surface area contributed by atoms with Gasteiger partial charge < -0.3 is 16.0 Å². The fourth-order valence-corrected chi connectivity index (χ4v) is 1.43. The molecule has 1 aromatic carbocycles. The lowest BCUT2D eigenvalue weighted by molar-refractivity contribution is -0.120. The van der Waals surface area contributed by atoms with Crippen molar-refractivity contribution in [3.63, 3.8) is 0 Å². The molecule has 0 unspecified atom stereocenters. The highest BCUT2D eigenvalue weighted by Gasteiger charge is 2.03. The predicted octanol–water partition coefficient (Wildman–Crippen LogP) is 1.72. The van der Waals surface area contributed by atoms with Gasteiger partial charge in [-0.1, -0.05) is 19.1 Å². The number of hydrogen-bond donors (Lipinski definition) is 2. The molecule has 1 amide bonds. The zero-order chi connectivity index (χ0) is 12.7. The molecule has 0 aliphatic rings. The number of carbonyl (C=O) groups is 1. The Hall–Kier alpha value is -0.970. The first-order valence-electron chi connectivity index (χ1n) is 5.91. The number of nitrogens with one attached hydrogen (secondary N) is 1. The Labute approximate surface area is 127 Å². The highest BCUT2D eigenvalue weighted by Crippen LogP contribution is 2.05. The number of likely N-dealkylation sites (N-methyl/N-ethyl adjacent to an activating group) is 1. The molecule has 0 aromatic heterocycles. The number of anilines is 1. The van der Waals surface area contributed by atoms with Crippen molar-refractivity contribution in [1.29, 1.82) is 0 Å². The third-order valence-electron chi connectivity index (χ3n) is 2.70. The van der Waals surface area contributed by atoms with Crippen LogP contribution in [0.25, 0.3) is 0 Å². The lowest BCUT2D eigenvalue weighted by Gasteiger charge is -2.13. The number of hydrogen-bond acceptors (Lipinski definition) is 3. The van der Waals surface area contributed by atoms with Crippen LogP contribution in [0.15, 0.2) is 24.3 Å². The number of carbonyl (C=O) groups excluding carboxylic acids is 1. The first kappa shape index (κ1) is 20.3. The zero-order valence-electron chi connectivity index (χ0n) is 11.4. The van der Waals surface area contributed by atoms with Crippen molar-refractivity contribution in [3.8, 4) is 0 Å². The van der Waals surface area contributed by atoms with Crippen LogP contribution in [0, 0.1) is 0 Å². The highest BCUT2D eigenvalue weighted by molar-refractivity contribution is 5.85. The topological polar surface area (TPSA) is 58.4 Å². The molecule has 0 atom stereocenters. The van der Waals surface area contributed by atoms with Crippen molar-refractivity contribution < 1.29 is 4.79 Å². The van der Waals surface area contributed by atoms with Crippen LogP contribution in [0.1, 0.15) is 12.5 Å². The Morgan fingerprint density at radius 3 is 2.37 bits per heavy atom. The van der Waals surface area contributed by atoms with Crippen molar-refractivity contribution in [2.45, 2.75) is 13.3 Å². The number of nitrogen functional groups attached to an aromatic ring is 1. The van der Waals surface area contributed by atoms with Gasteiger partial charge in [0, 0.05) is 18.8 Å². The summed E-state index contributed by atoms with van der Waals surface area (Å²) in [5.74, 6) is 0.0549. The van der Waals surface area contributed by atoms with E-state index in [1.54, 1.807) is 0 Å². The van der Waals surface area contributed by atoms with Gasteiger partial charge in [-0.05, 0) is 31.3 Å². The summed E-state index contributed by atoms with van der Waals surface area (Å²) < 4.78 is 0. The number of nitrogens with two attached hydrogens (primary N) is 1. The molecule has 1 rings (SSSR count). The van der Waals surface area contributed by atoms with E-state index in [4.69, 9.17) is 5.73 Å². The van der Waals surface area contributed by atoms with E-state index in [9.17, 15) is 4.79 Å². The van der Waals surface area contributed by atoms with E-state index >= 15 is 0 Å². The molecule has 1 aromatic rings. The van der Waals surface area contributed by atoms with Gasteiger partial charge in [0.1, 0.15) is 0 Å². The van der Waals surface area contributed by atoms with E-state index < -0.39 is 0 Å². The average molecular weight is 308 g/mol. The molecule has 4 nitrogen and oxygen atoms in total. The molecule has 0 fully saturated rings. The molecule has 0 saturated heterocycles. The lowest BCUT2D eigenvalue weighted by Crippen LogP contribution is -2.33. The van der Waals surface area contributed by atoms with E-state index in [1.165, 1.54) is 0 Å². The normalized spacial score (nSPS) is 9.42. The second-order valence-corrected chi connectivity index (χ2v) is 4.16.